The summed E-state index contributed by atoms with van der Waals surface area (Å²) in [7, 11) is 4.38. The SMILES string of the molecule is COc1cc(C(=O)NCC(C(=O)O)c2ccccc2)cc(OC)c1OC. The zero-order valence-electron chi connectivity index (χ0n) is 14.8. The van der Waals surface area contributed by atoms with Gasteiger partial charge in [-0.15, -0.1) is 0 Å². The molecule has 0 spiro atoms. The first kappa shape index (κ1) is 19.1. The molecule has 0 aliphatic carbocycles. The highest BCUT2D eigenvalue weighted by molar-refractivity contribution is 5.96. The van der Waals surface area contributed by atoms with Crippen LogP contribution in [0.3, 0.4) is 0 Å². The van der Waals surface area contributed by atoms with Crippen LogP contribution in [0, 0.1) is 0 Å². The number of carboxylic acid groups (broad SMARTS) is 1. The number of benzene rings is 2. The highest BCUT2D eigenvalue weighted by Gasteiger charge is 2.22. The van der Waals surface area contributed by atoms with Gasteiger partial charge in [0.05, 0.1) is 27.2 Å². The summed E-state index contributed by atoms with van der Waals surface area (Å²) in [5.41, 5.74) is 0.891. The van der Waals surface area contributed by atoms with Gasteiger partial charge in [0.15, 0.2) is 11.5 Å². The first-order valence-electron chi connectivity index (χ1n) is 7.87. The maximum atomic E-state index is 12.5. The number of aliphatic carboxylic acids is 1. The van der Waals surface area contributed by atoms with Crippen LogP contribution in [0.25, 0.3) is 0 Å². The van der Waals surface area contributed by atoms with Crippen molar-refractivity contribution in [3.63, 3.8) is 0 Å². The summed E-state index contributed by atoms with van der Waals surface area (Å²) in [5, 5.41) is 12.1. The predicted octanol–water partition coefficient (Wildman–Crippen LogP) is 2.31. The van der Waals surface area contributed by atoms with Crippen LogP contribution in [-0.4, -0.2) is 44.9 Å². The molecule has 0 heterocycles. The standard InChI is InChI=1S/C19H21NO6/c1-24-15-9-13(10-16(25-2)17(15)26-3)18(21)20-11-14(19(22)23)12-7-5-4-6-8-12/h4-10,14H,11H2,1-3H3,(H,20,21)(H,22,23). The fraction of sp³-hybridized carbons (Fsp3) is 0.263. The lowest BCUT2D eigenvalue weighted by molar-refractivity contribution is -0.138. The van der Waals surface area contributed by atoms with E-state index in [0.29, 0.717) is 22.8 Å². The Bertz CT molecular complexity index is 750. The van der Waals surface area contributed by atoms with Crippen LogP contribution in [0.15, 0.2) is 42.5 Å². The summed E-state index contributed by atoms with van der Waals surface area (Å²) in [6.07, 6.45) is 0. The van der Waals surface area contributed by atoms with Crippen molar-refractivity contribution in [2.45, 2.75) is 5.92 Å². The monoisotopic (exact) mass is 359 g/mol. The fourth-order valence-corrected chi connectivity index (χ4v) is 2.54. The number of amides is 1. The number of methoxy groups -OCH3 is 3. The highest BCUT2D eigenvalue weighted by atomic mass is 16.5. The molecule has 1 amide bonds. The lowest BCUT2D eigenvalue weighted by atomic mass is 9.99. The topological polar surface area (TPSA) is 94.1 Å². The summed E-state index contributed by atoms with van der Waals surface area (Å²) in [4.78, 5) is 24.0. The molecule has 0 aliphatic heterocycles. The van der Waals surface area contributed by atoms with Crippen molar-refractivity contribution in [1.29, 1.82) is 0 Å². The third kappa shape index (κ3) is 4.24. The van der Waals surface area contributed by atoms with E-state index in [9.17, 15) is 14.7 Å². The van der Waals surface area contributed by atoms with Gasteiger partial charge >= 0.3 is 5.97 Å². The van der Waals surface area contributed by atoms with Gasteiger partial charge in [-0.05, 0) is 17.7 Å². The Kier molecular flexibility index (Phi) is 6.43. The summed E-state index contributed by atoms with van der Waals surface area (Å²) in [6, 6.07) is 11.8. The molecule has 0 aromatic heterocycles. The van der Waals surface area contributed by atoms with E-state index < -0.39 is 17.8 Å². The average molecular weight is 359 g/mol. The summed E-state index contributed by atoms with van der Waals surface area (Å²) in [6.45, 7) is -0.0468. The van der Waals surface area contributed by atoms with Crippen molar-refractivity contribution in [1.82, 2.24) is 5.32 Å². The van der Waals surface area contributed by atoms with Crippen molar-refractivity contribution < 1.29 is 28.9 Å². The first-order valence-corrected chi connectivity index (χ1v) is 7.87. The van der Waals surface area contributed by atoms with E-state index in [0.717, 1.165) is 0 Å². The van der Waals surface area contributed by atoms with Crippen LogP contribution in [-0.2, 0) is 4.79 Å². The molecule has 0 radical (unpaired) electrons. The van der Waals surface area contributed by atoms with Gasteiger partial charge in [-0.1, -0.05) is 30.3 Å². The molecule has 2 rings (SSSR count). The molecule has 138 valence electrons. The van der Waals surface area contributed by atoms with E-state index in [-0.39, 0.29) is 12.1 Å². The summed E-state index contributed by atoms with van der Waals surface area (Å²) in [5.74, 6) is -1.24. The lowest BCUT2D eigenvalue weighted by Gasteiger charge is -2.16. The van der Waals surface area contributed by atoms with Gasteiger partial charge in [0.25, 0.3) is 5.91 Å². The van der Waals surface area contributed by atoms with Gasteiger partial charge in [-0.2, -0.15) is 0 Å². The molecular weight excluding hydrogens is 338 g/mol. The second-order valence-corrected chi connectivity index (χ2v) is 5.43. The van der Waals surface area contributed by atoms with E-state index in [1.165, 1.54) is 33.5 Å². The number of carbonyl (C=O) groups excluding carboxylic acids is 1. The highest BCUT2D eigenvalue weighted by Crippen LogP contribution is 2.38. The third-order valence-corrected chi connectivity index (χ3v) is 3.89. The summed E-state index contributed by atoms with van der Waals surface area (Å²) >= 11 is 0. The molecule has 7 heteroatoms. The molecule has 7 nitrogen and oxygen atoms in total. The summed E-state index contributed by atoms with van der Waals surface area (Å²) < 4.78 is 15.7. The normalized spacial score (nSPS) is 11.3. The Hall–Kier alpha value is -3.22. The molecule has 1 atom stereocenters. The molecular formula is C19H21NO6. The van der Waals surface area contributed by atoms with Gasteiger partial charge in [-0.3, -0.25) is 9.59 Å². The molecule has 2 N–H and O–H groups in total. The van der Waals surface area contributed by atoms with Crippen LogP contribution in [0.2, 0.25) is 0 Å². The Labute approximate surface area is 151 Å². The van der Waals surface area contributed by atoms with Gasteiger partial charge in [0.1, 0.15) is 0 Å². The van der Waals surface area contributed by atoms with Crippen molar-refractivity contribution in [2.75, 3.05) is 27.9 Å². The average Bonchev–Trinajstić information content (AvgIpc) is 2.67. The van der Waals surface area contributed by atoms with E-state index in [1.54, 1.807) is 30.3 Å². The van der Waals surface area contributed by atoms with Crippen molar-refractivity contribution in [3.05, 3.63) is 53.6 Å². The third-order valence-electron chi connectivity index (χ3n) is 3.89. The van der Waals surface area contributed by atoms with E-state index in [4.69, 9.17) is 14.2 Å². The quantitative estimate of drug-likeness (QED) is 0.751. The van der Waals surface area contributed by atoms with Gasteiger partial charge in [-0.25, -0.2) is 0 Å². The molecule has 2 aromatic carbocycles. The van der Waals surface area contributed by atoms with Gasteiger partial charge in [0.2, 0.25) is 5.75 Å². The second kappa shape index (κ2) is 8.75. The molecule has 0 aliphatic rings. The number of hydrogen-bond acceptors (Lipinski definition) is 5. The number of carbonyl (C=O) groups is 2. The smallest absolute Gasteiger partial charge is 0.312 e. The number of hydrogen-bond donors (Lipinski definition) is 2. The number of nitrogens with one attached hydrogen (secondary N) is 1. The number of rotatable bonds is 8. The van der Waals surface area contributed by atoms with E-state index >= 15 is 0 Å². The zero-order valence-corrected chi connectivity index (χ0v) is 14.8. The zero-order chi connectivity index (χ0) is 19.1. The van der Waals surface area contributed by atoms with Gasteiger partial charge in [0, 0.05) is 12.1 Å². The molecule has 0 fully saturated rings. The van der Waals surface area contributed by atoms with Crippen LogP contribution in [0.5, 0.6) is 17.2 Å². The number of ether oxygens (including phenoxy) is 3. The van der Waals surface area contributed by atoms with Crippen molar-refractivity contribution in [3.8, 4) is 17.2 Å². The minimum atomic E-state index is -1.01. The minimum Gasteiger partial charge on any atom is -0.493 e. The lowest BCUT2D eigenvalue weighted by Crippen LogP contribution is -2.31. The molecule has 1 unspecified atom stereocenters. The molecule has 26 heavy (non-hydrogen) atoms. The second-order valence-electron chi connectivity index (χ2n) is 5.43. The van der Waals surface area contributed by atoms with Gasteiger partial charge < -0.3 is 24.6 Å². The predicted molar refractivity (Wildman–Crippen MR) is 95.3 cm³/mol. The Morgan fingerprint density at radius 1 is 1.00 bits per heavy atom. The Morgan fingerprint density at radius 3 is 2.04 bits per heavy atom. The molecule has 0 bridgehead atoms. The largest absolute Gasteiger partial charge is 0.493 e. The molecule has 0 saturated carbocycles. The Morgan fingerprint density at radius 2 is 1.58 bits per heavy atom. The van der Waals surface area contributed by atoms with E-state index in [2.05, 4.69) is 5.32 Å². The molecule has 2 aromatic rings. The van der Waals surface area contributed by atoms with Crippen LogP contribution >= 0.6 is 0 Å². The Balaban J connectivity index is 2.20. The van der Waals surface area contributed by atoms with Crippen LogP contribution < -0.4 is 19.5 Å². The first-order chi connectivity index (χ1) is 12.5. The minimum absolute atomic E-state index is 0.0468. The van der Waals surface area contributed by atoms with Crippen molar-refractivity contribution >= 4 is 11.9 Å². The van der Waals surface area contributed by atoms with Crippen molar-refractivity contribution in [2.24, 2.45) is 0 Å². The maximum absolute atomic E-state index is 12.5. The molecule has 0 saturated heterocycles. The maximum Gasteiger partial charge on any atom is 0.312 e. The van der Waals surface area contributed by atoms with Crippen LogP contribution in [0.4, 0.5) is 0 Å². The van der Waals surface area contributed by atoms with E-state index in [1.807, 2.05) is 0 Å². The van der Waals surface area contributed by atoms with Crippen LogP contribution in [0.1, 0.15) is 21.8 Å². The fourth-order valence-electron chi connectivity index (χ4n) is 2.54. The number of carboxylic acids is 1.